The van der Waals surface area contributed by atoms with Crippen LogP contribution in [0.25, 0.3) is 0 Å². The summed E-state index contributed by atoms with van der Waals surface area (Å²) in [6.07, 6.45) is 6.65. The Kier molecular flexibility index (Phi) is 5.16. The van der Waals surface area contributed by atoms with E-state index in [0.29, 0.717) is 0 Å². The van der Waals surface area contributed by atoms with E-state index < -0.39 is 6.43 Å². The predicted octanol–water partition coefficient (Wildman–Crippen LogP) is 2.64. The monoisotopic (exact) mass is 246 g/mol. The van der Waals surface area contributed by atoms with Gasteiger partial charge in [0.1, 0.15) is 0 Å². The minimum Gasteiger partial charge on any atom is -0.307 e. The van der Waals surface area contributed by atoms with Crippen molar-refractivity contribution in [3.63, 3.8) is 0 Å². The molecule has 0 bridgehead atoms. The summed E-state index contributed by atoms with van der Waals surface area (Å²) >= 11 is 0. The zero-order valence-electron chi connectivity index (χ0n) is 10.5. The molecule has 1 atom stereocenters. The van der Waals surface area contributed by atoms with Gasteiger partial charge in [0.2, 0.25) is 0 Å². The standard InChI is InChI=1S/C13H24F2N2/c14-13(15)9-16-11-5-4-8-17(10-11)12-6-2-1-3-7-12/h11-13,16H,1-10H2. The summed E-state index contributed by atoms with van der Waals surface area (Å²) in [7, 11) is 0. The van der Waals surface area contributed by atoms with Crippen molar-refractivity contribution in [1.29, 1.82) is 0 Å². The fourth-order valence-electron chi connectivity index (χ4n) is 3.21. The van der Waals surface area contributed by atoms with Crippen LogP contribution in [0.4, 0.5) is 8.78 Å². The van der Waals surface area contributed by atoms with Gasteiger partial charge in [0, 0.05) is 18.6 Å². The van der Waals surface area contributed by atoms with E-state index in [9.17, 15) is 8.78 Å². The second-order valence-electron chi connectivity index (χ2n) is 5.43. The molecule has 2 aliphatic rings. The van der Waals surface area contributed by atoms with Gasteiger partial charge in [-0.05, 0) is 32.2 Å². The Balaban J connectivity index is 1.75. The Morgan fingerprint density at radius 3 is 2.53 bits per heavy atom. The van der Waals surface area contributed by atoms with Crippen molar-refractivity contribution in [2.75, 3.05) is 19.6 Å². The number of rotatable bonds is 4. The maximum absolute atomic E-state index is 12.2. The number of nitrogens with one attached hydrogen (secondary N) is 1. The minimum atomic E-state index is -2.22. The molecule has 0 amide bonds. The van der Waals surface area contributed by atoms with Crippen molar-refractivity contribution < 1.29 is 8.78 Å². The van der Waals surface area contributed by atoms with E-state index in [1.54, 1.807) is 0 Å². The van der Waals surface area contributed by atoms with Crippen LogP contribution < -0.4 is 5.32 Å². The second-order valence-corrected chi connectivity index (χ2v) is 5.43. The lowest BCUT2D eigenvalue weighted by Gasteiger charge is -2.40. The summed E-state index contributed by atoms with van der Waals surface area (Å²) in [6.45, 7) is 1.98. The Morgan fingerprint density at radius 1 is 1.06 bits per heavy atom. The highest BCUT2D eigenvalue weighted by atomic mass is 19.3. The molecule has 2 rings (SSSR count). The molecule has 1 saturated heterocycles. The summed E-state index contributed by atoms with van der Waals surface area (Å²) in [5.41, 5.74) is 0. The SMILES string of the molecule is FC(F)CNC1CCCN(C2CCCCC2)C1. The molecule has 0 radical (unpaired) electrons. The fourth-order valence-corrected chi connectivity index (χ4v) is 3.21. The fraction of sp³-hybridized carbons (Fsp3) is 1.00. The summed E-state index contributed by atoms with van der Waals surface area (Å²) in [5.74, 6) is 0. The van der Waals surface area contributed by atoms with E-state index in [4.69, 9.17) is 0 Å². The number of halogens is 2. The third-order valence-corrected chi connectivity index (χ3v) is 4.10. The Hall–Kier alpha value is -0.220. The molecule has 1 unspecified atom stereocenters. The number of nitrogens with zero attached hydrogens (tertiary/aromatic N) is 1. The van der Waals surface area contributed by atoms with Gasteiger partial charge < -0.3 is 5.32 Å². The molecule has 1 aliphatic heterocycles. The van der Waals surface area contributed by atoms with Crippen molar-refractivity contribution in [3.05, 3.63) is 0 Å². The first-order valence-electron chi connectivity index (χ1n) is 7.01. The van der Waals surface area contributed by atoms with Crippen LogP contribution in [0.1, 0.15) is 44.9 Å². The molecule has 0 aromatic carbocycles. The van der Waals surface area contributed by atoms with Gasteiger partial charge in [-0.3, -0.25) is 4.90 Å². The van der Waals surface area contributed by atoms with Crippen molar-refractivity contribution in [2.45, 2.75) is 63.5 Å². The molecule has 1 N–H and O–H groups in total. The van der Waals surface area contributed by atoms with E-state index in [1.165, 1.54) is 32.1 Å². The van der Waals surface area contributed by atoms with Crippen LogP contribution in [-0.2, 0) is 0 Å². The topological polar surface area (TPSA) is 15.3 Å². The van der Waals surface area contributed by atoms with Gasteiger partial charge in [0.25, 0.3) is 6.43 Å². The van der Waals surface area contributed by atoms with Crippen molar-refractivity contribution in [3.8, 4) is 0 Å². The maximum Gasteiger partial charge on any atom is 0.250 e. The molecule has 2 fully saturated rings. The van der Waals surface area contributed by atoms with E-state index in [-0.39, 0.29) is 12.6 Å². The van der Waals surface area contributed by atoms with Crippen molar-refractivity contribution >= 4 is 0 Å². The molecule has 100 valence electrons. The molecule has 1 heterocycles. The zero-order chi connectivity index (χ0) is 12.1. The Labute approximate surface area is 103 Å². The highest BCUT2D eigenvalue weighted by Gasteiger charge is 2.26. The van der Waals surface area contributed by atoms with Crippen LogP contribution in [-0.4, -0.2) is 43.0 Å². The Bertz CT molecular complexity index is 217. The number of hydrogen-bond donors (Lipinski definition) is 1. The van der Waals surface area contributed by atoms with E-state index in [0.717, 1.165) is 32.0 Å². The highest BCUT2D eigenvalue weighted by molar-refractivity contribution is 4.84. The van der Waals surface area contributed by atoms with Crippen LogP contribution in [0.5, 0.6) is 0 Å². The lowest BCUT2D eigenvalue weighted by Crippen LogP contribution is -2.50. The average Bonchev–Trinajstić information content (AvgIpc) is 2.38. The minimum absolute atomic E-state index is 0.150. The number of alkyl halides is 2. The first kappa shape index (κ1) is 13.2. The molecule has 0 aromatic rings. The molecule has 1 aliphatic carbocycles. The molecule has 17 heavy (non-hydrogen) atoms. The number of hydrogen-bond acceptors (Lipinski definition) is 2. The van der Waals surface area contributed by atoms with Gasteiger partial charge in [-0.25, -0.2) is 8.78 Å². The van der Waals surface area contributed by atoms with Crippen LogP contribution in [0, 0.1) is 0 Å². The lowest BCUT2D eigenvalue weighted by molar-refractivity contribution is 0.0951. The van der Waals surface area contributed by atoms with Crippen molar-refractivity contribution in [2.24, 2.45) is 0 Å². The summed E-state index contributed by atoms with van der Waals surface area (Å²) in [5, 5.41) is 3.00. The maximum atomic E-state index is 12.2. The Morgan fingerprint density at radius 2 is 1.82 bits per heavy atom. The first-order chi connectivity index (χ1) is 8.25. The molecule has 2 nitrogen and oxygen atoms in total. The van der Waals surface area contributed by atoms with E-state index >= 15 is 0 Å². The molecule has 0 spiro atoms. The van der Waals surface area contributed by atoms with Gasteiger partial charge in [0.15, 0.2) is 0 Å². The first-order valence-corrected chi connectivity index (χ1v) is 7.01. The molecule has 4 heteroatoms. The van der Waals surface area contributed by atoms with Crippen LogP contribution in [0.15, 0.2) is 0 Å². The highest BCUT2D eigenvalue weighted by Crippen LogP contribution is 2.25. The molecule has 1 saturated carbocycles. The average molecular weight is 246 g/mol. The molecule has 0 aromatic heterocycles. The molecular weight excluding hydrogens is 222 g/mol. The lowest BCUT2D eigenvalue weighted by atomic mass is 9.92. The predicted molar refractivity (Wildman–Crippen MR) is 65.5 cm³/mol. The van der Waals surface area contributed by atoms with Gasteiger partial charge in [-0.15, -0.1) is 0 Å². The zero-order valence-corrected chi connectivity index (χ0v) is 10.5. The third-order valence-electron chi connectivity index (χ3n) is 4.10. The van der Waals surface area contributed by atoms with Gasteiger partial charge in [-0.1, -0.05) is 19.3 Å². The van der Waals surface area contributed by atoms with Crippen LogP contribution >= 0.6 is 0 Å². The number of piperidine rings is 1. The third kappa shape index (κ3) is 4.18. The summed E-state index contributed by atoms with van der Waals surface area (Å²) in [6, 6.07) is 1.000. The van der Waals surface area contributed by atoms with Gasteiger partial charge >= 0.3 is 0 Å². The van der Waals surface area contributed by atoms with E-state index in [2.05, 4.69) is 10.2 Å². The van der Waals surface area contributed by atoms with Crippen molar-refractivity contribution in [1.82, 2.24) is 10.2 Å². The van der Waals surface area contributed by atoms with Gasteiger partial charge in [0.05, 0.1) is 6.54 Å². The smallest absolute Gasteiger partial charge is 0.250 e. The largest absolute Gasteiger partial charge is 0.307 e. The normalized spacial score (nSPS) is 28.8. The second kappa shape index (κ2) is 6.64. The molecular formula is C13H24F2N2. The van der Waals surface area contributed by atoms with Gasteiger partial charge in [-0.2, -0.15) is 0 Å². The number of likely N-dealkylation sites (tertiary alicyclic amines) is 1. The van der Waals surface area contributed by atoms with Crippen LogP contribution in [0.3, 0.4) is 0 Å². The summed E-state index contributed by atoms with van der Waals surface area (Å²) < 4.78 is 24.3. The quantitative estimate of drug-likeness (QED) is 0.820. The summed E-state index contributed by atoms with van der Waals surface area (Å²) in [4.78, 5) is 2.53. The van der Waals surface area contributed by atoms with Crippen LogP contribution in [0.2, 0.25) is 0 Å². The van der Waals surface area contributed by atoms with E-state index in [1.807, 2.05) is 0 Å².